The van der Waals surface area contributed by atoms with Gasteiger partial charge in [-0.3, -0.25) is 4.79 Å². The van der Waals surface area contributed by atoms with E-state index in [2.05, 4.69) is 14.7 Å². The molecule has 0 aliphatic carbocycles. The minimum absolute atomic E-state index is 0.0121. The fourth-order valence-corrected chi connectivity index (χ4v) is 3.08. The highest BCUT2D eigenvalue weighted by atomic mass is 35.5. The molecule has 7 nitrogen and oxygen atoms in total. The first-order valence-corrected chi connectivity index (χ1v) is 7.48. The molecule has 0 aromatic carbocycles. The molecule has 1 fully saturated rings. The van der Waals surface area contributed by atoms with Crippen molar-refractivity contribution in [3.8, 4) is 0 Å². The van der Waals surface area contributed by atoms with E-state index in [1.54, 1.807) is 7.05 Å². The Morgan fingerprint density at radius 3 is 2.63 bits per heavy atom. The monoisotopic (exact) mass is 304 g/mol. The molecule has 1 aromatic heterocycles. The average molecular weight is 305 g/mol. The van der Waals surface area contributed by atoms with Crippen molar-refractivity contribution in [1.82, 2.24) is 19.6 Å². The molecule has 0 bridgehead atoms. The number of sulfonamides is 1. The number of amides is 1. The third-order valence-electron chi connectivity index (χ3n) is 2.86. The Kier molecular flexibility index (Phi) is 4.02. The summed E-state index contributed by atoms with van der Waals surface area (Å²) in [7, 11) is -2.04. The Bertz CT molecular complexity index is 575. The van der Waals surface area contributed by atoms with Gasteiger partial charge in [0.05, 0.1) is 12.4 Å². The van der Waals surface area contributed by atoms with Crippen molar-refractivity contribution in [2.45, 2.75) is 23.8 Å². The summed E-state index contributed by atoms with van der Waals surface area (Å²) in [5.74, 6) is 0.0188. The lowest BCUT2D eigenvalue weighted by molar-refractivity contribution is -0.132. The molecule has 1 N–H and O–H groups in total. The lowest BCUT2D eigenvalue weighted by Crippen LogP contribution is -2.48. The summed E-state index contributed by atoms with van der Waals surface area (Å²) in [5.41, 5.74) is 0. The number of aromatic nitrogens is 2. The predicted octanol–water partition coefficient (Wildman–Crippen LogP) is 0.0291. The molecule has 1 saturated heterocycles. The molecule has 1 aliphatic rings. The lowest BCUT2D eigenvalue weighted by atomic mass is 10.1. The van der Waals surface area contributed by atoms with E-state index in [0.29, 0.717) is 19.4 Å². The molecular formula is C10H13ClN4O3S. The molecule has 0 spiro atoms. The van der Waals surface area contributed by atoms with Gasteiger partial charge in [0.2, 0.25) is 21.2 Å². The highest BCUT2D eigenvalue weighted by Gasteiger charge is 2.27. The molecular weight excluding hydrogens is 292 g/mol. The number of nitrogens with one attached hydrogen (secondary N) is 1. The number of halogens is 1. The molecule has 19 heavy (non-hydrogen) atoms. The fourth-order valence-electron chi connectivity index (χ4n) is 1.84. The van der Waals surface area contributed by atoms with E-state index >= 15 is 0 Å². The van der Waals surface area contributed by atoms with Crippen LogP contribution in [0, 0.1) is 0 Å². The second kappa shape index (κ2) is 5.40. The van der Waals surface area contributed by atoms with Crippen LogP contribution in [-0.4, -0.2) is 48.8 Å². The highest BCUT2D eigenvalue weighted by Crippen LogP contribution is 2.14. The zero-order valence-corrected chi connectivity index (χ0v) is 11.8. The molecule has 2 heterocycles. The van der Waals surface area contributed by atoms with Gasteiger partial charge < -0.3 is 4.90 Å². The summed E-state index contributed by atoms with van der Waals surface area (Å²) in [6.07, 6.45) is 3.11. The zero-order valence-electron chi connectivity index (χ0n) is 10.2. The van der Waals surface area contributed by atoms with Gasteiger partial charge in [-0.25, -0.2) is 23.1 Å². The summed E-state index contributed by atoms with van der Waals surface area (Å²) in [5, 5.41) is -0.0121. The maximum absolute atomic E-state index is 12.1. The van der Waals surface area contributed by atoms with Crippen LogP contribution in [0.4, 0.5) is 0 Å². The number of likely N-dealkylation sites (tertiary alicyclic amines) is 1. The maximum atomic E-state index is 12.1. The normalized spacial score (nSPS) is 20.6. The second-order valence-corrected chi connectivity index (χ2v) is 6.37. The van der Waals surface area contributed by atoms with E-state index in [0.717, 1.165) is 12.4 Å². The highest BCUT2D eigenvalue weighted by molar-refractivity contribution is 7.89. The van der Waals surface area contributed by atoms with Gasteiger partial charge in [0.25, 0.3) is 0 Å². The Morgan fingerprint density at radius 1 is 1.42 bits per heavy atom. The van der Waals surface area contributed by atoms with Crippen LogP contribution in [0.15, 0.2) is 17.3 Å². The standard InChI is InChI=1S/C10H13ClN4O3S/c1-15-6-7(2-3-9(15)16)14-19(17,18)8-4-12-10(11)13-5-8/h4-5,7,14H,2-3,6H2,1H3. The smallest absolute Gasteiger partial charge is 0.243 e. The first-order chi connectivity index (χ1) is 8.88. The van der Waals surface area contributed by atoms with Crippen LogP contribution in [0.1, 0.15) is 12.8 Å². The van der Waals surface area contributed by atoms with Crippen molar-refractivity contribution >= 4 is 27.5 Å². The fraction of sp³-hybridized carbons (Fsp3) is 0.500. The first kappa shape index (κ1) is 14.2. The molecule has 104 valence electrons. The van der Waals surface area contributed by atoms with E-state index in [4.69, 9.17) is 11.6 Å². The molecule has 1 aliphatic heterocycles. The minimum atomic E-state index is -3.69. The minimum Gasteiger partial charge on any atom is -0.344 e. The van der Waals surface area contributed by atoms with Gasteiger partial charge >= 0.3 is 0 Å². The summed E-state index contributed by atoms with van der Waals surface area (Å²) in [4.78, 5) is 20.1. The largest absolute Gasteiger partial charge is 0.344 e. The van der Waals surface area contributed by atoms with Crippen LogP contribution in [0.3, 0.4) is 0 Å². The number of piperidine rings is 1. The Labute approximate surface area is 116 Å². The van der Waals surface area contributed by atoms with Crippen LogP contribution in [-0.2, 0) is 14.8 Å². The van der Waals surface area contributed by atoms with Crippen LogP contribution in [0.2, 0.25) is 5.28 Å². The average Bonchev–Trinajstić information content (AvgIpc) is 2.34. The number of carbonyl (C=O) groups is 1. The summed E-state index contributed by atoms with van der Waals surface area (Å²) < 4.78 is 26.7. The summed E-state index contributed by atoms with van der Waals surface area (Å²) in [6.45, 7) is 0.354. The van der Waals surface area contributed by atoms with Gasteiger partial charge in [-0.1, -0.05) is 0 Å². The molecule has 1 atom stereocenters. The Hall–Kier alpha value is -1.25. The number of hydrogen-bond acceptors (Lipinski definition) is 5. The molecule has 1 unspecified atom stereocenters. The van der Waals surface area contributed by atoms with Crippen molar-refractivity contribution < 1.29 is 13.2 Å². The van der Waals surface area contributed by atoms with Gasteiger partial charge in [0, 0.05) is 26.1 Å². The third kappa shape index (κ3) is 3.40. The van der Waals surface area contributed by atoms with Crippen molar-refractivity contribution in [3.05, 3.63) is 17.7 Å². The first-order valence-electron chi connectivity index (χ1n) is 5.62. The molecule has 0 radical (unpaired) electrons. The SMILES string of the molecule is CN1CC(NS(=O)(=O)c2cnc(Cl)nc2)CCC1=O. The predicted molar refractivity (Wildman–Crippen MR) is 68.0 cm³/mol. The van der Waals surface area contributed by atoms with Gasteiger partial charge in [0.15, 0.2) is 0 Å². The number of hydrogen-bond donors (Lipinski definition) is 1. The molecule has 0 saturated carbocycles. The third-order valence-corrected chi connectivity index (χ3v) is 4.53. The molecule has 2 rings (SSSR count). The van der Waals surface area contributed by atoms with Crippen LogP contribution in [0.5, 0.6) is 0 Å². The van der Waals surface area contributed by atoms with Crippen LogP contribution in [0.25, 0.3) is 0 Å². The van der Waals surface area contributed by atoms with E-state index in [1.165, 1.54) is 4.90 Å². The van der Waals surface area contributed by atoms with Gasteiger partial charge in [0.1, 0.15) is 4.90 Å². The topological polar surface area (TPSA) is 92.3 Å². The van der Waals surface area contributed by atoms with E-state index in [1.807, 2.05) is 0 Å². The summed E-state index contributed by atoms with van der Waals surface area (Å²) >= 11 is 5.51. The van der Waals surface area contributed by atoms with E-state index in [9.17, 15) is 13.2 Å². The van der Waals surface area contributed by atoms with Gasteiger partial charge in [-0.2, -0.15) is 0 Å². The lowest BCUT2D eigenvalue weighted by Gasteiger charge is -2.29. The molecule has 9 heteroatoms. The Balaban J connectivity index is 2.09. The number of likely N-dealkylation sites (N-methyl/N-ethyl adjacent to an activating group) is 1. The second-order valence-electron chi connectivity index (χ2n) is 4.32. The van der Waals surface area contributed by atoms with Crippen LogP contribution < -0.4 is 4.72 Å². The Morgan fingerprint density at radius 2 is 2.05 bits per heavy atom. The van der Waals surface area contributed by atoms with Gasteiger partial charge in [-0.15, -0.1) is 0 Å². The van der Waals surface area contributed by atoms with Crippen molar-refractivity contribution in [3.63, 3.8) is 0 Å². The maximum Gasteiger partial charge on any atom is 0.243 e. The van der Waals surface area contributed by atoms with Crippen molar-refractivity contribution in [1.29, 1.82) is 0 Å². The number of carbonyl (C=O) groups excluding carboxylic acids is 1. The van der Waals surface area contributed by atoms with E-state index < -0.39 is 10.0 Å². The quantitative estimate of drug-likeness (QED) is 0.795. The number of rotatable bonds is 3. The van der Waals surface area contributed by atoms with Crippen LogP contribution >= 0.6 is 11.6 Å². The van der Waals surface area contributed by atoms with Gasteiger partial charge in [-0.05, 0) is 18.0 Å². The van der Waals surface area contributed by atoms with Crippen molar-refractivity contribution in [2.24, 2.45) is 0 Å². The molecule has 1 aromatic rings. The molecule has 1 amide bonds. The van der Waals surface area contributed by atoms with Crippen molar-refractivity contribution in [2.75, 3.05) is 13.6 Å². The van der Waals surface area contributed by atoms with E-state index in [-0.39, 0.29) is 22.1 Å². The summed E-state index contributed by atoms with van der Waals surface area (Å²) in [6, 6.07) is -0.302. The zero-order chi connectivity index (χ0) is 14.0. The number of nitrogens with zero attached hydrogens (tertiary/aromatic N) is 3.